The molecule has 0 heterocycles. The van der Waals surface area contributed by atoms with Gasteiger partial charge in [-0.1, -0.05) is 56.3 Å². The van der Waals surface area contributed by atoms with Crippen LogP contribution in [-0.4, -0.2) is 5.11 Å². The fraction of sp³-hybridized carbons (Fsp3) is 0.333. The summed E-state index contributed by atoms with van der Waals surface area (Å²) in [5.41, 5.74) is 2.65. The minimum absolute atomic E-state index is 0.261. The molecule has 0 radical (unpaired) electrons. The molecular formula is C18H21FO. The minimum atomic E-state index is -0.667. The van der Waals surface area contributed by atoms with E-state index in [2.05, 4.69) is 13.8 Å². The molecule has 106 valence electrons. The van der Waals surface area contributed by atoms with Crippen molar-refractivity contribution in [2.24, 2.45) is 5.92 Å². The molecule has 2 heteroatoms. The molecule has 0 spiro atoms. The lowest BCUT2D eigenvalue weighted by atomic mass is 9.97. The van der Waals surface area contributed by atoms with Gasteiger partial charge in [-0.2, -0.15) is 0 Å². The summed E-state index contributed by atoms with van der Waals surface area (Å²) in [4.78, 5) is 0. The molecule has 1 N–H and O–H groups in total. The van der Waals surface area contributed by atoms with Gasteiger partial charge in [-0.25, -0.2) is 4.39 Å². The lowest BCUT2D eigenvalue weighted by Crippen LogP contribution is -2.04. The van der Waals surface area contributed by atoms with Crippen molar-refractivity contribution in [2.45, 2.75) is 32.8 Å². The van der Waals surface area contributed by atoms with Gasteiger partial charge in [-0.05, 0) is 35.1 Å². The highest BCUT2D eigenvalue weighted by atomic mass is 19.1. The zero-order valence-electron chi connectivity index (χ0n) is 12.0. The monoisotopic (exact) mass is 272 g/mol. The molecule has 1 unspecified atom stereocenters. The summed E-state index contributed by atoms with van der Waals surface area (Å²) in [5, 5.41) is 10.2. The zero-order valence-corrected chi connectivity index (χ0v) is 12.0. The predicted octanol–water partition coefficient (Wildman–Crippen LogP) is 4.30. The van der Waals surface area contributed by atoms with Gasteiger partial charge in [0, 0.05) is 6.42 Å². The third kappa shape index (κ3) is 3.91. The molecule has 1 nitrogen and oxygen atoms in total. The molecule has 0 bridgehead atoms. The first-order chi connectivity index (χ1) is 9.56. The van der Waals surface area contributed by atoms with E-state index in [0.29, 0.717) is 17.9 Å². The minimum Gasteiger partial charge on any atom is -0.388 e. The molecule has 2 aromatic carbocycles. The van der Waals surface area contributed by atoms with Crippen LogP contribution in [-0.2, 0) is 12.8 Å². The summed E-state index contributed by atoms with van der Waals surface area (Å²) in [5.74, 6) is 0.354. The number of aliphatic hydroxyl groups excluding tert-OH is 1. The SMILES string of the molecule is CC(C)Cc1ccc(C(O)Cc2ccccc2F)cc1. The third-order valence-electron chi connectivity index (χ3n) is 3.38. The Labute approximate surface area is 120 Å². The smallest absolute Gasteiger partial charge is 0.126 e. The van der Waals surface area contributed by atoms with Crippen LogP contribution in [0.15, 0.2) is 48.5 Å². The van der Waals surface area contributed by atoms with Crippen LogP contribution in [0.3, 0.4) is 0 Å². The molecular weight excluding hydrogens is 251 g/mol. The molecule has 0 aliphatic heterocycles. The Morgan fingerprint density at radius 2 is 1.60 bits per heavy atom. The van der Waals surface area contributed by atoms with Gasteiger partial charge in [-0.3, -0.25) is 0 Å². The molecule has 0 aliphatic carbocycles. The molecule has 0 fully saturated rings. The highest BCUT2D eigenvalue weighted by Crippen LogP contribution is 2.21. The van der Waals surface area contributed by atoms with Gasteiger partial charge in [0.05, 0.1) is 6.10 Å². The summed E-state index contributed by atoms with van der Waals surface area (Å²) < 4.78 is 13.6. The van der Waals surface area contributed by atoms with E-state index in [1.54, 1.807) is 18.2 Å². The van der Waals surface area contributed by atoms with Crippen molar-refractivity contribution < 1.29 is 9.50 Å². The molecule has 2 rings (SSSR count). The Balaban J connectivity index is 2.06. The summed E-state index contributed by atoms with van der Waals surface area (Å²) in [6.07, 6.45) is 0.667. The van der Waals surface area contributed by atoms with Gasteiger partial charge >= 0.3 is 0 Å². The van der Waals surface area contributed by atoms with Crippen molar-refractivity contribution in [1.29, 1.82) is 0 Å². The quantitative estimate of drug-likeness (QED) is 0.860. The zero-order chi connectivity index (χ0) is 14.5. The maximum absolute atomic E-state index is 13.6. The second kappa shape index (κ2) is 6.67. The molecule has 0 saturated carbocycles. The number of aliphatic hydroxyl groups is 1. The van der Waals surface area contributed by atoms with Crippen LogP contribution >= 0.6 is 0 Å². The van der Waals surface area contributed by atoms with Crippen LogP contribution in [0, 0.1) is 11.7 Å². The van der Waals surface area contributed by atoms with E-state index in [4.69, 9.17) is 0 Å². The summed E-state index contributed by atoms with van der Waals surface area (Å²) in [6.45, 7) is 4.36. The normalized spacial score (nSPS) is 12.7. The van der Waals surface area contributed by atoms with Crippen LogP contribution in [0.5, 0.6) is 0 Å². The lowest BCUT2D eigenvalue weighted by Gasteiger charge is -2.13. The first-order valence-electron chi connectivity index (χ1n) is 7.06. The first kappa shape index (κ1) is 14.7. The van der Waals surface area contributed by atoms with Crippen molar-refractivity contribution in [3.63, 3.8) is 0 Å². The van der Waals surface area contributed by atoms with Gasteiger partial charge in [0.15, 0.2) is 0 Å². The third-order valence-corrected chi connectivity index (χ3v) is 3.38. The molecule has 1 atom stereocenters. The van der Waals surface area contributed by atoms with Crippen LogP contribution in [0.4, 0.5) is 4.39 Å². The Morgan fingerprint density at radius 1 is 0.950 bits per heavy atom. The van der Waals surface area contributed by atoms with Crippen LogP contribution in [0.2, 0.25) is 0 Å². The number of hydrogen-bond acceptors (Lipinski definition) is 1. The van der Waals surface area contributed by atoms with Crippen LogP contribution in [0.1, 0.15) is 36.6 Å². The number of benzene rings is 2. The van der Waals surface area contributed by atoms with Crippen LogP contribution < -0.4 is 0 Å². The number of rotatable bonds is 5. The van der Waals surface area contributed by atoms with Crippen molar-refractivity contribution >= 4 is 0 Å². The van der Waals surface area contributed by atoms with Gasteiger partial charge in [0.25, 0.3) is 0 Å². The summed E-state index contributed by atoms with van der Waals surface area (Å²) in [7, 11) is 0. The molecule has 0 amide bonds. The largest absolute Gasteiger partial charge is 0.388 e. The van der Waals surface area contributed by atoms with E-state index in [0.717, 1.165) is 12.0 Å². The topological polar surface area (TPSA) is 20.2 Å². The van der Waals surface area contributed by atoms with Crippen molar-refractivity contribution in [3.8, 4) is 0 Å². The highest BCUT2D eigenvalue weighted by molar-refractivity contribution is 5.27. The van der Waals surface area contributed by atoms with E-state index < -0.39 is 6.10 Å². The van der Waals surface area contributed by atoms with E-state index >= 15 is 0 Å². The highest BCUT2D eigenvalue weighted by Gasteiger charge is 2.11. The van der Waals surface area contributed by atoms with Gasteiger partial charge in [0.1, 0.15) is 5.82 Å². The average Bonchev–Trinajstić information content (AvgIpc) is 2.41. The fourth-order valence-corrected chi connectivity index (χ4v) is 2.34. The van der Waals surface area contributed by atoms with Gasteiger partial charge < -0.3 is 5.11 Å². The van der Waals surface area contributed by atoms with E-state index in [9.17, 15) is 9.50 Å². The van der Waals surface area contributed by atoms with Crippen molar-refractivity contribution in [2.75, 3.05) is 0 Å². The molecule has 0 saturated heterocycles. The van der Waals surface area contributed by atoms with Gasteiger partial charge in [-0.15, -0.1) is 0 Å². The second-order valence-electron chi connectivity index (χ2n) is 5.65. The molecule has 0 aromatic heterocycles. The van der Waals surface area contributed by atoms with Crippen LogP contribution in [0.25, 0.3) is 0 Å². The Hall–Kier alpha value is -1.67. The Kier molecular flexibility index (Phi) is 4.91. The molecule has 20 heavy (non-hydrogen) atoms. The Morgan fingerprint density at radius 3 is 2.20 bits per heavy atom. The lowest BCUT2D eigenvalue weighted by molar-refractivity contribution is 0.177. The van der Waals surface area contributed by atoms with E-state index in [-0.39, 0.29) is 5.82 Å². The Bertz CT molecular complexity index is 546. The van der Waals surface area contributed by atoms with E-state index in [1.807, 2.05) is 24.3 Å². The predicted molar refractivity (Wildman–Crippen MR) is 80.0 cm³/mol. The van der Waals surface area contributed by atoms with Crippen molar-refractivity contribution in [3.05, 3.63) is 71.0 Å². The van der Waals surface area contributed by atoms with Gasteiger partial charge in [0.2, 0.25) is 0 Å². The van der Waals surface area contributed by atoms with E-state index in [1.165, 1.54) is 11.6 Å². The average molecular weight is 272 g/mol. The maximum atomic E-state index is 13.6. The number of halogens is 1. The first-order valence-corrected chi connectivity index (χ1v) is 7.06. The molecule has 2 aromatic rings. The molecule has 0 aliphatic rings. The fourth-order valence-electron chi connectivity index (χ4n) is 2.34. The maximum Gasteiger partial charge on any atom is 0.126 e. The van der Waals surface area contributed by atoms with Crippen molar-refractivity contribution in [1.82, 2.24) is 0 Å². The summed E-state index contributed by atoms with van der Waals surface area (Å²) in [6, 6.07) is 14.5. The number of hydrogen-bond donors (Lipinski definition) is 1. The standard InChI is InChI=1S/C18H21FO/c1-13(2)11-14-7-9-15(10-8-14)18(20)12-16-5-3-4-6-17(16)19/h3-10,13,18,20H,11-12H2,1-2H3. The summed E-state index contributed by atoms with van der Waals surface area (Å²) >= 11 is 0. The second-order valence-corrected chi connectivity index (χ2v) is 5.65.